The van der Waals surface area contributed by atoms with E-state index in [0.717, 1.165) is 11.3 Å². The van der Waals surface area contributed by atoms with Gasteiger partial charge in [-0.2, -0.15) is 0 Å². The summed E-state index contributed by atoms with van der Waals surface area (Å²) in [6.07, 6.45) is 0.123. The van der Waals surface area contributed by atoms with Gasteiger partial charge in [0.2, 0.25) is 5.91 Å². The second-order valence-electron chi connectivity index (χ2n) is 4.49. The number of thiophene rings is 1. The number of rotatable bonds is 6. The molecule has 7 heteroatoms. The Kier molecular flexibility index (Phi) is 5.65. The lowest BCUT2D eigenvalue weighted by molar-refractivity contribution is -0.118. The number of hydroxylamine groups is 1. The normalized spacial score (nSPS) is 10.3. The molecule has 22 heavy (non-hydrogen) atoms. The minimum Gasteiger partial charge on any atom is -0.395 e. The van der Waals surface area contributed by atoms with E-state index in [1.165, 1.54) is 4.90 Å². The summed E-state index contributed by atoms with van der Waals surface area (Å²) >= 11 is 1.14. The predicted molar refractivity (Wildman–Crippen MR) is 83.2 cm³/mol. The van der Waals surface area contributed by atoms with Crippen molar-refractivity contribution in [2.75, 3.05) is 18.1 Å². The summed E-state index contributed by atoms with van der Waals surface area (Å²) in [5.74, 6) is -0.767. The largest absolute Gasteiger partial charge is 0.395 e. The minimum absolute atomic E-state index is 0.123. The zero-order chi connectivity index (χ0) is 15.9. The van der Waals surface area contributed by atoms with E-state index >= 15 is 0 Å². The first-order chi connectivity index (χ1) is 10.7. The number of carbonyl (C=O) groups excluding carboxylic acids is 2. The van der Waals surface area contributed by atoms with Crippen LogP contribution in [0.25, 0.3) is 0 Å². The van der Waals surface area contributed by atoms with E-state index in [4.69, 9.17) is 10.3 Å². The average molecular weight is 320 g/mol. The van der Waals surface area contributed by atoms with E-state index in [0.29, 0.717) is 15.4 Å². The molecule has 0 atom stereocenters. The zero-order valence-corrected chi connectivity index (χ0v) is 12.5. The van der Waals surface area contributed by atoms with Gasteiger partial charge in [-0.1, -0.05) is 18.2 Å². The van der Waals surface area contributed by atoms with Crippen LogP contribution in [0.15, 0.2) is 42.5 Å². The van der Waals surface area contributed by atoms with Crippen LogP contribution in [0.2, 0.25) is 0 Å². The molecular weight excluding hydrogens is 304 g/mol. The van der Waals surface area contributed by atoms with Crippen LogP contribution >= 0.6 is 11.3 Å². The van der Waals surface area contributed by atoms with Crippen molar-refractivity contribution in [1.82, 2.24) is 5.48 Å². The fourth-order valence-corrected chi connectivity index (χ4v) is 2.89. The van der Waals surface area contributed by atoms with Crippen LogP contribution in [0.4, 0.5) is 5.69 Å². The highest BCUT2D eigenvalue weighted by Crippen LogP contribution is 2.20. The number of nitrogens with zero attached hydrogens (tertiary/aromatic N) is 1. The van der Waals surface area contributed by atoms with Crippen molar-refractivity contribution < 1.29 is 19.9 Å². The summed E-state index contributed by atoms with van der Waals surface area (Å²) in [6, 6.07) is 12.3. The van der Waals surface area contributed by atoms with Crippen molar-refractivity contribution in [3.05, 3.63) is 52.2 Å². The van der Waals surface area contributed by atoms with Gasteiger partial charge in [-0.3, -0.25) is 14.8 Å². The Labute approximate surface area is 131 Å². The van der Waals surface area contributed by atoms with E-state index in [1.807, 2.05) is 18.2 Å². The van der Waals surface area contributed by atoms with Gasteiger partial charge in [0.25, 0.3) is 5.91 Å². The van der Waals surface area contributed by atoms with Gasteiger partial charge in [-0.25, -0.2) is 5.48 Å². The first-order valence-electron chi connectivity index (χ1n) is 6.65. The van der Waals surface area contributed by atoms with Crippen LogP contribution in [0.3, 0.4) is 0 Å². The van der Waals surface area contributed by atoms with Crippen molar-refractivity contribution in [2.45, 2.75) is 6.42 Å². The molecule has 0 aliphatic heterocycles. The first kappa shape index (κ1) is 16.2. The van der Waals surface area contributed by atoms with E-state index in [1.54, 1.807) is 29.7 Å². The second-order valence-corrected chi connectivity index (χ2v) is 5.66. The molecule has 3 N–H and O–H groups in total. The van der Waals surface area contributed by atoms with Crippen LogP contribution in [0.5, 0.6) is 0 Å². The highest BCUT2D eigenvalue weighted by atomic mass is 32.1. The van der Waals surface area contributed by atoms with Crippen molar-refractivity contribution >= 4 is 28.8 Å². The quantitative estimate of drug-likeness (QED) is 0.555. The highest BCUT2D eigenvalue weighted by molar-refractivity contribution is 7.14. The molecule has 1 aromatic carbocycles. The lowest BCUT2D eigenvalue weighted by atomic mass is 10.2. The van der Waals surface area contributed by atoms with E-state index in [-0.39, 0.29) is 25.5 Å². The van der Waals surface area contributed by atoms with Crippen LogP contribution in [0, 0.1) is 0 Å². The summed E-state index contributed by atoms with van der Waals surface area (Å²) in [7, 11) is 0. The SMILES string of the molecule is O=C(NO)c1ccc(CC(=O)N(CCO)c2ccccc2)s1. The summed E-state index contributed by atoms with van der Waals surface area (Å²) in [4.78, 5) is 26.3. The molecule has 1 heterocycles. The van der Waals surface area contributed by atoms with Crippen molar-refractivity contribution in [3.8, 4) is 0 Å². The average Bonchev–Trinajstić information content (AvgIpc) is 3.01. The van der Waals surface area contributed by atoms with Gasteiger partial charge in [0.05, 0.1) is 17.9 Å². The van der Waals surface area contributed by atoms with Gasteiger partial charge in [-0.15, -0.1) is 11.3 Å². The molecule has 2 aromatic rings. The number of benzene rings is 1. The standard InChI is InChI=1S/C15H16N2O4S/c18-9-8-17(11-4-2-1-3-5-11)14(19)10-12-6-7-13(22-12)15(20)16-21/h1-7,18,21H,8-10H2,(H,16,20). The molecule has 0 saturated heterocycles. The monoisotopic (exact) mass is 320 g/mol. The number of hydrogen-bond acceptors (Lipinski definition) is 5. The van der Waals surface area contributed by atoms with Crippen LogP contribution < -0.4 is 10.4 Å². The Balaban J connectivity index is 2.11. The number of aliphatic hydroxyl groups excluding tert-OH is 1. The number of aliphatic hydroxyl groups is 1. The van der Waals surface area contributed by atoms with E-state index in [9.17, 15) is 9.59 Å². The van der Waals surface area contributed by atoms with E-state index in [2.05, 4.69) is 0 Å². The number of hydrogen-bond donors (Lipinski definition) is 3. The molecular formula is C15H16N2O4S. The third-order valence-electron chi connectivity index (χ3n) is 3.00. The molecule has 0 fully saturated rings. The molecule has 6 nitrogen and oxygen atoms in total. The molecule has 2 amide bonds. The molecule has 0 unspecified atom stereocenters. The summed E-state index contributed by atoms with van der Waals surface area (Å²) in [6.45, 7) is 0.0709. The van der Waals surface area contributed by atoms with Crippen molar-refractivity contribution in [2.24, 2.45) is 0 Å². The third kappa shape index (κ3) is 3.91. The number of anilines is 1. The van der Waals surface area contributed by atoms with Crippen LogP contribution in [-0.2, 0) is 11.2 Å². The zero-order valence-electron chi connectivity index (χ0n) is 11.7. The summed E-state index contributed by atoms with van der Waals surface area (Å²) in [5.41, 5.74) is 2.27. The minimum atomic E-state index is -0.598. The maximum absolute atomic E-state index is 12.4. The fraction of sp³-hybridized carbons (Fsp3) is 0.200. The lowest BCUT2D eigenvalue weighted by Gasteiger charge is -2.21. The van der Waals surface area contributed by atoms with Crippen LogP contribution in [0.1, 0.15) is 14.5 Å². The van der Waals surface area contributed by atoms with Gasteiger partial charge in [0, 0.05) is 17.1 Å². The maximum atomic E-state index is 12.4. The number of carbonyl (C=O) groups is 2. The molecule has 0 radical (unpaired) electrons. The van der Waals surface area contributed by atoms with Gasteiger partial charge in [0.1, 0.15) is 0 Å². The Morgan fingerprint density at radius 1 is 1.14 bits per heavy atom. The number of amides is 2. The molecule has 0 bridgehead atoms. The summed E-state index contributed by atoms with van der Waals surface area (Å²) in [5, 5.41) is 17.7. The van der Waals surface area contributed by atoms with Gasteiger partial charge >= 0.3 is 0 Å². The first-order valence-corrected chi connectivity index (χ1v) is 7.46. The van der Waals surface area contributed by atoms with Crippen molar-refractivity contribution in [1.29, 1.82) is 0 Å². The molecule has 116 valence electrons. The number of nitrogens with one attached hydrogen (secondary N) is 1. The van der Waals surface area contributed by atoms with Crippen LogP contribution in [-0.4, -0.2) is 35.3 Å². The predicted octanol–water partition coefficient (Wildman–Crippen LogP) is 1.44. The van der Waals surface area contributed by atoms with E-state index < -0.39 is 5.91 Å². The van der Waals surface area contributed by atoms with Gasteiger partial charge in [-0.05, 0) is 24.3 Å². The molecule has 2 rings (SSSR count). The molecule has 0 aliphatic rings. The van der Waals surface area contributed by atoms with Gasteiger partial charge < -0.3 is 10.0 Å². The van der Waals surface area contributed by atoms with Gasteiger partial charge in [0.15, 0.2) is 0 Å². The van der Waals surface area contributed by atoms with Crippen molar-refractivity contribution in [3.63, 3.8) is 0 Å². The third-order valence-corrected chi connectivity index (χ3v) is 4.09. The second kappa shape index (κ2) is 7.69. The Hall–Kier alpha value is -2.22. The molecule has 0 spiro atoms. The highest BCUT2D eigenvalue weighted by Gasteiger charge is 2.17. The Morgan fingerprint density at radius 3 is 2.50 bits per heavy atom. The Morgan fingerprint density at radius 2 is 1.86 bits per heavy atom. The summed E-state index contributed by atoms with van der Waals surface area (Å²) < 4.78 is 0. The smallest absolute Gasteiger partial charge is 0.284 e. The molecule has 0 aliphatic carbocycles. The topological polar surface area (TPSA) is 89.9 Å². The fourth-order valence-electron chi connectivity index (χ4n) is 2.00. The lowest BCUT2D eigenvalue weighted by Crippen LogP contribution is -2.34. The molecule has 0 saturated carbocycles. The molecule has 1 aromatic heterocycles. The number of para-hydroxylation sites is 1. The Bertz CT molecular complexity index is 642. The maximum Gasteiger partial charge on any atom is 0.284 e.